The van der Waals surface area contributed by atoms with Crippen LogP contribution in [-0.4, -0.2) is 35.0 Å². The van der Waals surface area contributed by atoms with Crippen LogP contribution in [0, 0.1) is 0 Å². The van der Waals surface area contributed by atoms with Crippen LogP contribution in [0.3, 0.4) is 0 Å². The lowest BCUT2D eigenvalue weighted by Gasteiger charge is -2.32. The van der Waals surface area contributed by atoms with E-state index in [-0.39, 0.29) is 12.0 Å². The second-order valence-electron chi connectivity index (χ2n) is 7.11. The molecule has 0 spiro atoms. The first-order valence-electron chi connectivity index (χ1n) is 9.73. The van der Waals surface area contributed by atoms with Gasteiger partial charge in [-0.1, -0.05) is 36.7 Å². The minimum atomic E-state index is 0.116. The number of halogens is 1. The van der Waals surface area contributed by atoms with Crippen LogP contribution in [0.1, 0.15) is 26.2 Å². The molecule has 0 N–H and O–H groups in total. The zero-order valence-electron chi connectivity index (χ0n) is 15.9. The number of amides is 1. The van der Waals surface area contributed by atoms with Crippen LogP contribution in [0.2, 0.25) is 5.02 Å². The van der Waals surface area contributed by atoms with Crippen LogP contribution in [0.15, 0.2) is 54.7 Å². The molecule has 28 heavy (non-hydrogen) atoms. The molecule has 0 unspecified atom stereocenters. The lowest BCUT2D eigenvalue weighted by Crippen LogP contribution is -2.41. The van der Waals surface area contributed by atoms with Crippen molar-refractivity contribution in [1.82, 2.24) is 9.88 Å². The topological polar surface area (TPSA) is 42.4 Å². The molecule has 1 aromatic heterocycles. The van der Waals surface area contributed by atoms with Crippen molar-refractivity contribution in [2.75, 3.05) is 13.1 Å². The third-order valence-corrected chi connectivity index (χ3v) is 5.55. The molecule has 1 amide bonds. The highest BCUT2D eigenvalue weighted by atomic mass is 35.5. The smallest absolute Gasteiger partial charge is 0.222 e. The van der Waals surface area contributed by atoms with Crippen molar-refractivity contribution in [3.8, 4) is 16.9 Å². The molecule has 4 nitrogen and oxygen atoms in total. The molecule has 1 saturated heterocycles. The van der Waals surface area contributed by atoms with Gasteiger partial charge in [0.15, 0.2) is 0 Å². The first-order valence-corrected chi connectivity index (χ1v) is 10.1. The van der Waals surface area contributed by atoms with E-state index >= 15 is 0 Å². The van der Waals surface area contributed by atoms with Crippen molar-refractivity contribution >= 4 is 28.4 Å². The van der Waals surface area contributed by atoms with Gasteiger partial charge in [-0.05, 0) is 30.3 Å². The summed E-state index contributed by atoms with van der Waals surface area (Å²) in [6.07, 6.45) is 4.22. The lowest BCUT2D eigenvalue weighted by molar-refractivity contribution is -0.132. The molecule has 2 aromatic carbocycles. The van der Waals surface area contributed by atoms with Gasteiger partial charge in [-0.15, -0.1) is 0 Å². The lowest BCUT2D eigenvalue weighted by atomic mass is 10.0. The number of rotatable bonds is 4. The van der Waals surface area contributed by atoms with Crippen molar-refractivity contribution in [3.63, 3.8) is 0 Å². The highest BCUT2D eigenvalue weighted by molar-refractivity contribution is 6.33. The maximum absolute atomic E-state index is 11.8. The van der Waals surface area contributed by atoms with E-state index in [1.165, 1.54) is 0 Å². The van der Waals surface area contributed by atoms with Gasteiger partial charge in [0.05, 0.1) is 10.5 Å². The normalized spacial score (nSPS) is 15.0. The molecule has 0 atom stereocenters. The predicted molar refractivity (Wildman–Crippen MR) is 113 cm³/mol. The van der Waals surface area contributed by atoms with Gasteiger partial charge in [-0.25, -0.2) is 0 Å². The Bertz CT molecular complexity index is 997. The molecule has 2 heterocycles. The van der Waals surface area contributed by atoms with Crippen molar-refractivity contribution < 1.29 is 9.53 Å². The summed E-state index contributed by atoms with van der Waals surface area (Å²) in [7, 11) is 0. The molecule has 0 aliphatic carbocycles. The molecule has 0 radical (unpaired) electrons. The highest BCUT2D eigenvalue weighted by Gasteiger charge is 2.23. The molecule has 1 aliphatic heterocycles. The molecule has 0 bridgehead atoms. The van der Waals surface area contributed by atoms with Crippen LogP contribution in [-0.2, 0) is 4.79 Å². The van der Waals surface area contributed by atoms with Crippen molar-refractivity contribution in [2.45, 2.75) is 32.3 Å². The average molecular weight is 395 g/mol. The Morgan fingerprint density at radius 2 is 1.96 bits per heavy atom. The molecule has 1 fully saturated rings. The van der Waals surface area contributed by atoms with E-state index in [4.69, 9.17) is 16.3 Å². The number of carbonyl (C=O) groups is 1. The standard InChI is InChI=1S/C23H23ClN2O2/c1-2-23(27)26-11-9-18(10-12-26)28-19-7-8-20(21(24)14-19)17-13-16-5-3-4-6-22(16)25-15-17/h3-8,13-15,18H,2,9-12H2,1H3. The van der Waals surface area contributed by atoms with Gasteiger partial charge < -0.3 is 9.64 Å². The van der Waals surface area contributed by atoms with E-state index in [0.717, 1.165) is 53.7 Å². The van der Waals surface area contributed by atoms with E-state index in [2.05, 4.69) is 11.1 Å². The number of hydrogen-bond donors (Lipinski definition) is 0. The number of piperidine rings is 1. The number of aromatic nitrogens is 1. The summed E-state index contributed by atoms with van der Waals surface area (Å²) < 4.78 is 6.12. The summed E-state index contributed by atoms with van der Waals surface area (Å²) >= 11 is 6.56. The minimum absolute atomic E-state index is 0.116. The molecular formula is C23H23ClN2O2. The number of carbonyl (C=O) groups excluding carboxylic acids is 1. The van der Waals surface area contributed by atoms with E-state index in [1.807, 2.05) is 60.5 Å². The first kappa shape index (κ1) is 18.8. The zero-order valence-corrected chi connectivity index (χ0v) is 16.7. The summed E-state index contributed by atoms with van der Waals surface area (Å²) in [5, 5.41) is 1.73. The minimum Gasteiger partial charge on any atom is -0.490 e. The van der Waals surface area contributed by atoms with Crippen molar-refractivity contribution in [2.24, 2.45) is 0 Å². The Morgan fingerprint density at radius 1 is 1.18 bits per heavy atom. The molecule has 4 rings (SSSR count). The first-order chi connectivity index (χ1) is 13.6. The monoisotopic (exact) mass is 394 g/mol. The van der Waals surface area contributed by atoms with Crippen molar-refractivity contribution in [3.05, 3.63) is 59.8 Å². The van der Waals surface area contributed by atoms with Crippen molar-refractivity contribution in [1.29, 1.82) is 0 Å². The Kier molecular flexibility index (Phi) is 5.49. The van der Waals surface area contributed by atoms with Crippen LogP contribution in [0.4, 0.5) is 0 Å². The zero-order chi connectivity index (χ0) is 19.5. The van der Waals surface area contributed by atoms with Gasteiger partial charge in [0.2, 0.25) is 5.91 Å². The fourth-order valence-corrected chi connectivity index (χ4v) is 3.94. The number of hydrogen-bond acceptors (Lipinski definition) is 3. The van der Waals surface area contributed by atoms with E-state index in [0.29, 0.717) is 11.4 Å². The van der Waals surface area contributed by atoms with Gasteiger partial charge in [-0.3, -0.25) is 9.78 Å². The third kappa shape index (κ3) is 3.97. The SMILES string of the molecule is CCC(=O)N1CCC(Oc2ccc(-c3cnc4ccccc4c3)c(Cl)c2)CC1. The quantitative estimate of drug-likeness (QED) is 0.600. The van der Waals surface area contributed by atoms with Gasteiger partial charge in [0, 0.05) is 55.1 Å². The molecule has 1 aliphatic rings. The summed E-state index contributed by atoms with van der Waals surface area (Å²) in [6.45, 7) is 3.41. The number of fused-ring (bicyclic) bond motifs is 1. The number of ether oxygens (including phenoxy) is 1. The Labute approximate surface area is 170 Å². The van der Waals surface area contributed by atoms with Crippen LogP contribution in [0.25, 0.3) is 22.0 Å². The number of benzene rings is 2. The van der Waals surface area contributed by atoms with Gasteiger partial charge in [-0.2, -0.15) is 0 Å². The van der Waals surface area contributed by atoms with Gasteiger partial charge in [0.25, 0.3) is 0 Å². The fourth-order valence-electron chi connectivity index (χ4n) is 3.66. The van der Waals surface area contributed by atoms with Crippen LogP contribution >= 0.6 is 11.6 Å². The molecule has 3 aromatic rings. The molecule has 5 heteroatoms. The van der Waals surface area contributed by atoms with E-state index < -0.39 is 0 Å². The number of pyridine rings is 1. The van der Waals surface area contributed by atoms with E-state index in [9.17, 15) is 4.79 Å². The number of para-hydroxylation sites is 1. The fraction of sp³-hybridized carbons (Fsp3) is 0.304. The summed E-state index contributed by atoms with van der Waals surface area (Å²) in [6, 6.07) is 16.0. The van der Waals surface area contributed by atoms with E-state index in [1.54, 1.807) is 0 Å². The number of nitrogens with zero attached hydrogens (tertiary/aromatic N) is 2. The predicted octanol–water partition coefficient (Wildman–Crippen LogP) is 5.34. The maximum Gasteiger partial charge on any atom is 0.222 e. The summed E-state index contributed by atoms with van der Waals surface area (Å²) in [5.74, 6) is 0.984. The third-order valence-electron chi connectivity index (χ3n) is 5.24. The molecular weight excluding hydrogens is 372 g/mol. The maximum atomic E-state index is 11.8. The number of likely N-dealkylation sites (tertiary alicyclic amines) is 1. The summed E-state index contributed by atoms with van der Waals surface area (Å²) in [5.41, 5.74) is 2.90. The van der Waals surface area contributed by atoms with Crippen LogP contribution in [0.5, 0.6) is 5.75 Å². The second kappa shape index (κ2) is 8.19. The summed E-state index contributed by atoms with van der Waals surface area (Å²) in [4.78, 5) is 18.2. The highest BCUT2D eigenvalue weighted by Crippen LogP contribution is 2.33. The average Bonchev–Trinajstić information content (AvgIpc) is 2.73. The van der Waals surface area contributed by atoms with Gasteiger partial charge in [0.1, 0.15) is 11.9 Å². The second-order valence-corrected chi connectivity index (χ2v) is 7.52. The molecule has 0 saturated carbocycles. The van der Waals surface area contributed by atoms with Crippen LogP contribution < -0.4 is 4.74 Å². The largest absolute Gasteiger partial charge is 0.490 e. The molecule has 144 valence electrons. The Balaban J connectivity index is 1.46. The Morgan fingerprint density at radius 3 is 2.71 bits per heavy atom. The Hall–Kier alpha value is -2.59. The van der Waals surface area contributed by atoms with Gasteiger partial charge >= 0.3 is 0 Å².